The Morgan fingerprint density at radius 3 is 2.39 bits per heavy atom. The molecule has 0 saturated heterocycles. The van der Waals surface area contributed by atoms with Gasteiger partial charge in [-0.05, 0) is 60.2 Å². The lowest BCUT2D eigenvalue weighted by Gasteiger charge is -2.13. The van der Waals surface area contributed by atoms with Crippen molar-refractivity contribution in [3.8, 4) is 5.75 Å². The van der Waals surface area contributed by atoms with Gasteiger partial charge in [-0.25, -0.2) is 9.37 Å². The molecule has 0 aliphatic carbocycles. The van der Waals surface area contributed by atoms with Gasteiger partial charge in [0.1, 0.15) is 11.6 Å². The van der Waals surface area contributed by atoms with Gasteiger partial charge in [0, 0.05) is 24.8 Å². The Hall–Kier alpha value is -4.02. The van der Waals surface area contributed by atoms with E-state index < -0.39 is 0 Å². The van der Waals surface area contributed by atoms with Crippen molar-refractivity contribution >= 4 is 34.4 Å². The summed E-state index contributed by atoms with van der Waals surface area (Å²) in [6.07, 6.45) is 0. The maximum Gasteiger partial charge on any atom is 0.262 e. The normalized spacial score (nSPS) is 10.9. The Bertz CT molecular complexity index is 1500. The van der Waals surface area contributed by atoms with E-state index in [0.717, 1.165) is 17.3 Å². The number of amides is 1. The zero-order valence-corrected chi connectivity index (χ0v) is 21.7. The van der Waals surface area contributed by atoms with Gasteiger partial charge >= 0.3 is 0 Å². The van der Waals surface area contributed by atoms with E-state index in [1.807, 2.05) is 0 Å². The monoisotopic (exact) mass is 535 g/mol. The smallest absolute Gasteiger partial charge is 0.262 e. The number of thioether (sulfide) groups is 1. The molecule has 4 aromatic rings. The summed E-state index contributed by atoms with van der Waals surface area (Å²) in [6.45, 7) is 0.770. The van der Waals surface area contributed by atoms with Crippen LogP contribution in [0, 0.1) is 5.82 Å². The summed E-state index contributed by atoms with van der Waals surface area (Å²) in [5.41, 5.74) is 1.65. The number of nitrogens with zero attached hydrogens (tertiary/aromatic N) is 2. The highest BCUT2D eigenvalue weighted by Gasteiger charge is 2.16. The lowest BCUT2D eigenvalue weighted by Crippen LogP contribution is -2.26. The van der Waals surface area contributed by atoms with Gasteiger partial charge in [0.05, 0.1) is 36.9 Å². The summed E-state index contributed by atoms with van der Waals surface area (Å²) >= 11 is 1.15. The zero-order chi connectivity index (χ0) is 27.1. The van der Waals surface area contributed by atoms with Crippen LogP contribution in [-0.4, -0.2) is 47.8 Å². The maximum absolute atomic E-state index is 13.3. The highest BCUT2D eigenvalue weighted by molar-refractivity contribution is 7.99. The van der Waals surface area contributed by atoms with E-state index in [1.165, 1.54) is 23.8 Å². The Morgan fingerprint density at radius 2 is 1.71 bits per heavy atom. The van der Waals surface area contributed by atoms with Crippen LogP contribution in [0.5, 0.6) is 5.75 Å². The fraction of sp³-hybridized carbons (Fsp3) is 0.214. The van der Waals surface area contributed by atoms with Crippen molar-refractivity contribution in [1.29, 1.82) is 0 Å². The van der Waals surface area contributed by atoms with Gasteiger partial charge in [-0.1, -0.05) is 23.9 Å². The minimum absolute atomic E-state index is 0.0646. The first-order valence-corrected chi connectivity index (χ1v) is 12.7. The SMILES string of the molecule is COCCn1c(SCC(=O)c2ccc(OC)cc2)nc2cc(C(=O)NCc3ccc(F)cc3)ccc2c1=O. The molecule has 0 fully saturated rings. The summed E-state index contributed by atoms with van der Waals surface area (Å²) in [6, 6.07) is 17.3. The van der Waals surface area contributed by atoms with Crippen LogP contribution in [0.1, 0.15) is 26.3 Å². The molecule has 0 radical (unpaired) electrons. The molecule has 1 amide bonds. The van der Waals surface area contributed by atoms with Crippen molar-refractivity contribution in [2.75, 3.05) is 26.6 Å². The van der Waals surface area contributed by atoms with Crippen LogP contribution in [0.4, 0.5) is 4.39 Å². The van der Waals surface area contributed by atoms with Gasteiger partial charge in [0.25, 0.3) is 11.5 Å². The molecule has 4 rings (SSSR count). The molecule has 0 unspecified atom stereocenters. The van der Waals surface area contributed by atoms with Crippen molar-refractivity contribution in [1.82, 2.24) is 14.9 Å². The Morgan fingerprint density at radius 1 is 1.00 bits per heavy atom. The Balaban J connectivity index is 1.57. The van der Waals surface area contributed by atoms with E-state index in [2.05, 4.69) is 10.3 Å². The molecule has 10 heteroatoms. The lowest BCUT2D eigenvalue weighted by atomic mass is 10.1. The number of fused-ring (bicyclic) bond motifs is 1. The second-order valence-corrected chi connectivity index (χ2v) is 9.27. The molecule has 8 nitrogen and oxygen atoms in total. The number of ketones is 1. The number of hydrogen-bond acceptors (Lipinski definition) is 7. The highest BCUT2D eigenvalue weighted by atomic mass is 32.2. The summed E-state index contributed by atoms with van der Waals surface area (Å²) in [5, 5.41) is 3.49. The lowest BCUT2D eigenvalue weighted by molar-refractivity contribution is 0.0950. The van der Waals surface area contributed by atoms with Crippen LogP contribution in [0.15, 0.2) is 76.7 Å². The number of carbonyl (C=O) groups excluding carboxylic acids is 2. The fourth-order valence-corrected chi connectivity index (χ4v) is 4.63. The van der Waals surface area contributed by atoms with E-state index in [9.17, 15) is 18.8 Å². The first-order valence-electron chi connectivity index (χ1n) is 11.8. The molecule has 0 saturated carbocycles. The predicted octanol–water partition coefficient (Wildman–Crippen LogP) is 4.10. The number of aromatic nitrogens is 2. The number of ether oxygens (including phenoxy) is 2. The van der Waals surface area contributed by atoms with Crippen LogP contribution in [0.3, 0.4) is 0 Å². The average Bonchev–Trinajstić information content (AvgIpc) is 2.94. The molecule has 196 valence electrons. The number of hydrogen-bond donors (Lipinski definition) is 1. The quantitative estimate of drug-likeness (QED) is 0.175. The molecule has 1 heterocycles. The van der Waals surface area contributed by atoms with E-state index in [-0.39, 0.29) is 48.5 Å². The molecule has 0 bridgehead atoms. The number of methoxy groups -OCH3 is 2. The van der Waals surface area contributed by atoms with Crippen LogP contribution in [0.25, 0.3) is 10.9 Å². The summed E-state index contributed by atoms with van der Waals surface area (Å²) in [4.78, 5) is 43.4. The third kappa shape index (κ3) is 6.45. The molecular formula is C28H26FN3O5S. The van der Waals surface area contributed by atoms with Crippen LogP contribution in [0.2, 0.25) is 0 Å². The van der Waals surface area contributed by atoms with Crippen molar-refractivity contribution < 1.29 is 23.5 Å². The number of benzene rings is 3. The molecule has 0 atom stereocenters. The largest absolute Gasteiger partial charge is 0.497 e. The topological polar surface area (TPSA) is 99.5 Å². The standard InChI is InChI=1S/C28H26FN3O5S/c1-36-14-13-32-27(35)23-12-7-20(26(34)30-16-18-3-8-21(29)9-4-18)15-24(23)31-28(32)38-17-25(33)19-5-10-22(37-2)11-6-19/h3-12,15H,13-14,16-17H2,1-2H3,(H,30,34). The first-order chi connectivity index (χ1) is 18.4. The van der Waals surface area contributed by atoms with Gasteiger partial charge in [-0.3, -0.25) is 19.0 Å². The Labute approximate surface area is 222 Å². The summed E-state index contributed by atoms with van der Waals surface area (Å²) in [7, 11) is 3.09. The van der Waals surface area contributed by atoms with E-state index in [1.54, 1.807) is 61.7 Å². The highest BCUT2D eigenvalue weighted by Crippen LogP contribution is 2.21. The first kappa shape index (κ1) is 27.0. The third-order valence-corrected chi connectivity index (χ3v) is 6.79. The van der Waals surface area contributed by atoms with Crippen LogP contribution >= 0.6 is 11.8 Å². The number of halogens is 1. The maximum atomic E-state index is 13.3. The number of carbonyl (C=O) groups is 2. The molecule has 38 heavy (non-hydrogen) atoms. The third-order valence-electron chi connectivity index (χ3n) is 5.81. The Kier molecular flexibility index (Phi) is 8.88. The van der Waals surface area contributed by atoms with E-state index in [4.69, 9.17) is 9.47 Å². The van der Waals surface area contributed by atoms with Crippen molar-refractivity contribution in [3.05, 3.63) is 99.6 Å². The van der Waals surface area contributed by atoms with E-state index in [0.29, 0.717) is 32.9 Å². The van der Waals surface area contributed by atoms with Crippen molar-refractivity contribution in [2.45, 2.75) is 18.2 Å². The zero-order valence-electron chi connectivity index (χ0n) is 20.9. The molecule has 1 N–H and O–H groups in total. The molecule has 3 aromatic carbocycles. The molecule has 1 aromatic heterocycles. The van der Waals surface area contributed by atoms with Gasteiger partial charge in [-0.15, -0.1) is 0 Å². The molecular weight excluding hydrogens is 509 g/mol. The van der Waals surface area contributed by atoms with Gasteiger partial charge < -0.3 is 14.8 Å². The van der Waals surface area contributed by atoms with Gasteiger partial charge in [-0.2, -0.15) is 0 Å². The second-order valence-electron chi connectivity index (χ2n) is 8.33. The fourth-order valence-electron chi connectivity index (χ4n) is 3.71. The minimum atomic E-state index is -0.356. The molecule has 0 spiro atoms. The van der Waals surface area contributed by atoms with Gasteiger partial charge in [0.2, 0.25) is 0 Å². The van der Waals surface area contributed by atoms with Gasteiger partial charge in [0.15, 0.2) is 10.9 Å². The van der Waals surface area contributed by atoms with Crippen molar-refractivity contribution in [2.24, 2.45) is 0 Å². The predicted molar refractivity (Wildman–Crippen MR) is 143 cm³/mol. The number of Topliss-reactive ketones (excluding diaryl/α,β-unsaturated/α-hetero) is 1. The summed E-state index contributed by atoms with van der Waals surface area (Å²) in [5.74, 6) is -0.119. The number of nitrogens with one attached hydrogen (secondary N) is 1. The minimum Gasteiger partial charge on any atom is -0.497 e. The van der Waals surface area contributed by atoms with Crippen LogP contribution < -0.4 is 15.6 Å². The van der Waals surface area contributed by atoms with Crippen LogP contribution in [-0.2, 0) is 17.8 Å². The molecule has 0 aliphatic heterocycles. The number of rotatable bonds is 11. The van der Waals surface area contributed by atoms with Crippen molar-refractivity contribution in [3.63, 3.8) is 0 Å². The molecule has 0 aliphatic rings. The second kappa shape index (κ2) is 12.5. The summed E-state index contributed by atoms with van der Waals surface area (Å²) < 4.78 is 24.9. The van der Waals surface area contributed by atoms with E-state index >= 15 is 0 Å². The average molecular weight is 536 g/mol.